The van der Waals surface area contributed by atoms with Gasteiger partial charge in [0.1, 0.15) is 6.04 Å². The number of benzene rings is 1. The van der Waals surface area contributed by atoms with Crippen molar-refractivity contribution in [3.8, 4) is 5.69 Å². The van der Waals surface area contributed by atoms with Crippen LogP contribution in [0.25, 0.3) is 5.69 Å². The Morgan fingerprint density at radius 2 is 2.00 bits per heavy atom. The van der Waals surface area contributed by atoms with E-state index in [0.29, 0.717) is 30.8 Å². The number of hydrogen-bond acceptors (Lipinski definition) is 7. The molecule has 3 aromatic rings. The monoisotopic (exact) mass is 485 g/mol. The summed E-state index contributed by atoms with van der Waals surface area (Å²) in [6.45, 7) is 4.86. The Bertz CT molecular complexity index is 1460. The number of aromatic nitrogens is 4. The zero-order valence-electron chi connectivity index (χ0n) is 19.8. The van der Waals surface area contributed by atoms with Gasteiger partial charge < -0.3 is 9.80 Å². The van der Waals surface area contributed by atoms with Crippen molar-refractivity contribution in [1.82, 2.24) is 30.2 Å². The molecule has 11 heteroatoms. The van der Waals surface area contributed by atoms with Crippen LogP contribution in [0, 0.1) is 0 Å². The van der Waals surface area contributed by atoms with Crippen molar-refractivity contribution in [3.63, 3.8) is 0 Å². The minimum atomic E-state index is -0.677. The maximum atomic E-state index is 13.3. The molecule has 1 unspecified atom stereocenters. The fourth-order valence-corrected chi connectivity index (χ4v) is 5.18. The molecule has 4 amide bonds. The fourth-order valence-electron chi connectivity index (χ4n) is 5.18. The molecule has 0 aliphatic carbocycles. The molecular weight excluding hydrogens is 462 g/mol. The van der Waals surface area contributed by atoms with Crippen molar-refractivity contribution in [3.05, 3.63) is 65.2 Å². The zero-order valence-corrected chi connectivity index (χ0v) is 19.8. The number of carbonyl (C=O) groups excluding carboxylic acids is 4. The summed E-state index contributed by atoms with van der Waals surface area (Å²) in [6, 6.07) is 8.29. The van der Waals surface area contributed by atoms with Gasteiger partial charge in [0.2, 0.25) is 11.8 Å². The Hall–Kier alpha value is -4.41. The summed E-state index contributed by atoms with van der Waals surface area (Å²) in [5.41, 5.74) is 3.34. The van der Waals surface area contributed by atoms with Crippen LogP contribution in [0.5, 0.6) is 0 Å². The first-order chi connectivity index (χ1) is 17.2. The molecule has 0 saturated carbocycles. The van der Waals surface area contributed by atoms with E-state index in [2.05, 4.69) is 20.6 Å². The molecule has 0 bridgehead atoms. The van der Waals surface area contributed by atoms with Crippen molar-refractivity contribution in [2.45, 2.75) is 44.7 Å². The average Bonchev–Trinajstić information content (AvgIpc) is 3.54. The van der Waals surface area contributed by atoms with E-state index in [9.17, 15) is 19.2 Å². The third-order valence-electron chi connectivity index (χ3n) is 7.01. The summed E-state index contributed by atoms with van der Waals surface area (Å²) in [7, 11) is 0. The van der Waals surface area contributed by atoms with Crippen molar-refractivity contribution in [1.29, 1.82) is 0 Å². The molecule has 0 spiro atoms. The second kappa shape index (κ2) is 7.80. The van der Waals surface area contributed by atoms with Crippen LogP contribution in [0.1, 0.15) is 58.8 Å². The van der Waals surface area contributed by atoms with Crippen LogP contribution < -0.4 is 10.2 Å². The molecule has 11 nitrogen and oxygen atoms in total. The highest BCUT2D eigenvalue weighted by molar-refractivity contribution is 6.07. The van der Waals surface area contributed by atoms with Crippen molar-refractivity contribution in [2.75, 3.05) is 11.4 Å². The van der Waals surface area contributed by atoms with Crippen LogP contribution in [0.2, 0.25) is 0 Å². The van der Waals surface area contributed by atoms with Crippen LogP contribution in [0.3, 0.4) is 0 Å². The molecule has 6 rings (SSSR count). The van der Waals surface area contributed by atoms with Crippen molar-refractivity contribution in [2.24, 2.45) is 0 Å². The maximum Gasteiger partial charge on any atom is 0.280 e. The Labute approximate surface area is 206 Å². The number of hydrogen-bond donors (Lipinski definition) is 1. The third kappa shape index (κ3) is 3.38. The van der Waals surface area contributed by atoms with E-state index in [-0.39, 0.29) is 35.3 Å². The van der Waals surface area contributed by atoms with E-state index < -0.39 is 11.9 Å². The number of imide groups is 1. The SMILES string of the molecule is CC1(C)CN(C(=O)c2cn(-c3ccc4c(c3)C(=O)N(C3CCC(=O)NC3=O)C4)nn2)c2cccnc21. The van der Waals surface area contributed by atoms with Gasteiger partial charge in [0.25, 0.3) is 11.8 Å². The van der Waals surface area contributed by atoms with E-state index in [1.807, 2.05) is 26.0 Å². The molecule has 36 heavy (non-hydrogen) atoms. The minimum absolute atomic E-state index is 0.180. The summed E-state index contributed by atoms with van der Waals surface area (Å²) < 4.78 is 1.46. The number of rotatable bonds is 3. The maximum absolute atomic E-state index is 13.3. The molecule has 3 aliphatic rings. The smallest absolute Gasteiger partial charge is 0.280 e. The lowest BCUT2D eigenvalue weighted by atomic mass is 9.91. The fraction of sp³-hybridized carbons (Fsp3) is 0.320. The van der Waals surface area contributed by atoms with Gasteiger partial charge in [0.05, 0.1) is 23.3 Å². The molecular formula is C25H23N7O4. The Morgan fingerprint density at radius 1 is 1.17 bits per heavy atom. The summed E-state index contributed by atoms with van der Waals surface area (Å²) in [6.07, 6.45) is 3.77. The number of amides is 4. The number of nitrogens with one attached hydrogen (secondary N) is 1. The van der Waals surface area contributed by atoms with E-state index in [1.54, 1.807) is 35.5 Å². The van der Waals surface area contributed by atoms with E-state index >= 15 is 0 Å². The van der Waals surface area contributed by atoms with Gasteiger partial charge >= 0.3 is 0 Å². The van der Waals surface area contributed by atoms with Gasteiger partial charge in [-0.1, -0.05) is 25.1 Å². The standard InChI is InChI=1S/C25H23N7O4/c1-25(2)13-31(18-4-3-9-26-21(18)25)24(36)17-12-32(29-28-17)15-6-5-14-11-30(23(35)16(14)10-15)19-7-8-20(33)27-22(19)34/h3-6,9-10,12,19H,7-8,11,13H2,1-2H3,(H,27,33,34). The quantitative estimate of drug-likeness (QED) is 0.555. The average molecular weight is 486 g/mol. The molecule has 1 saturated heterocycles. The lowest BCUT2D eigenvalue weighted by Crippen LogP contribution is -2.52. The van der Waals surface area contributed by atoms with Gasteiger partial charge in [-0.15, -0.1) is 5.10 Å². The highest BCUT2D eigenvalue weighted by Crippen LogP contribution is 2.39. The first-order valence-electron chi connectivity index (χ1n) is 11.7. The number of nitrogens with zero attached hydrogens (tertiary/aromatic N) is 6. The molecule has 1 fully saturated rings. The van der Waals surface area contributed by atoms with Crippen LogP contribution >= 0.6 is 0 Å². The number of piperidine rings is 1. The highest BCUT2D eigenvalue weighted by Gasteiger charge is 2.41. The molecule has 2 aromatic heterocycles. The Morgan fingerprint density at radius 3 is 2.81 bits per heavy atom. The van der Waals surface area contributed by atoms with Gasteiger partial charge in [0.15, 0.2) is 5.69 Å². The zero-order chi connectivity index (χ0) is 25.2. The van der Waals surface area contributed by atoms with E-state index in [1.165, 1.54) is 9.58 Å². The van der Waals surface area contributed by atoms with Gasteiger partial charge in [0, 0.05) is 36.7 Å². The normalized spacial score (nSPS) is 20.4. The first kappa shape index (κ1) is 22.1. The van der Waals surface area contributed by atoms with Gasteiger partial charge in [-0.05, 0) is 36.2 Å². The molecule has 5 heterocycles. The van der Waals surface area contributed by atoms with Crippen molar-refractivity contribution < 1.29 is 19.2 Å². The van der Waals surface area contributed by atoms with Crippen LogP contribution in [0.4, 0.5) is 5.69 Å². The molecule has 1 atom stereocenters. The number of carbonyl (C=O) groups is 4. The lowest BCUT2D eigenvalue weighted by molar-refractivity contribution is -0.136. The molecule has 1 aromatic carbocycles. The number of anilines is 1. The van der Waals surface area contributed by atoms with Crippen LogP contribution in [-0.4, -0.2) is 61.1 Å². The summed E-state index contributed by atoms with van der Waals surface area (Å²) in [5, 5.41) is 10.5. The molecule has 182 valence electrons. The lowest BCUT2D eigenvalue weighted by Gasteiger charge is -2.29. The second-order valence-electron chi connectivity index (χ2n) is 9.94. The summed E-state index contributed by atoms with van der Waals surface area (Å²) in [5.74, 6) is -1.33. The molecule has 3 aliphatic heterocycles. The number of pyridine rings is 1. The highest BCUT2D eigenvalue weighted by atomic mass is 16.2. The Kier molecular flexibility index (Phi) is 4.79. The van der Waals surface area contributed by atoms with Gasteiger partial charge in [-0.2, -0.15) is 0 Å². The predicted octanol–water partition coefficient (Wildman–Crippen LogP) is 1.36. The Balaban J connectivity index is 1.24. The molecule has 0 radical (unpaired) electrons. The second-order valence-corrected chi connectivity index (χ2v) is 9.94. The van der Waals surface area contributed by atoms with E-state index in [0.717, 1.165) is 16.9 Å². The largest absolute Gasteiger partial charge is 0.322 e. The number of fused-ring (bicyclic) bond motifs is 2. The topological polar surface area (TPSA) is 130 Å². The van der Waals surface area contributed by atoms with Crippen LogP contribution in [0.15, 0.2) is 42.7 Å². The molecule has 1 N–H and O–H groups in total. The minimum Gasteiger partial charge on any atom is -0.322 e. The van der Waals surface area contributed by atoms with Gasteiger partial charge in [-0.3, -0.25) is 29.5 Å². The third-order valence-corrected chi connectivity index (χ3v) is 7.01. The van der Waals surface area contributed by atoms with Crippen LogP contribution in [-0.2, 0) is 21.5 Å². The van der Waals surface area contributed by atoms with Crippen molar-refractivity contribution >= 4 is 29.3 Å². The summed E-state index contributed by atoms with van der Waals surface area (Å²) >= 11 is 0. The summed E-state index contributed by atoms with van der Waals surface area (Å²) in [4.78, 5) is 57.8. The van der Waals surface area contributed by atoms with Gasteiger partial charge in [-0.25, -0.2) is 4.68 Å². The van der Waals surface area contributed by atoms with E-state index in [4.69, 9.17) is 0 Å². The first-order valence-corrected chi connectivity index (χ1v) is 11.7. The predicted molar refractivity (Wildman–Crippen MR) is 126 cm³/mol.